The van der Waals surface area contributed by atoms with E-state index in [0.29, 0.717) is 22.6 Å². The summed E-state index contributed by atoms with van der Waals surface area (Å²) in [5.41, 5.74) is 4.07. The van der Waals surface area contributed by atoms with Crippen molar-refractivity contribution in [3.05, 3.63) is 59.7 Å². The molecule has 2 aliphatic rings. The number of hydrogen-bond acceptors (Lipinski definition) is 7. The molecule has 2 aromatic carbocycles. The van der Waals surface area contributed by atoms with Crippen LogP contribution in [0.1, 0.15) is 17.5 Å². The third-order valence-electron chi connectivity index (χ3n) is 5.99. The van der Waals surface area contributed by atoms with Crippen LogP contribution in [0.5, 0.6) is 0 Å². The molecule has 2 aliphatic heterocycles. The van der Waals surface area contributed by atoms with Crippen molar-refractivity contribution in [1.29, 1.82) is 0 Å². The Morgan fingerprint density at radius 2 is 1.94 bits per heavy atom. The fourth-order valence-corrected chi connectivity index (χ4v) is 5.81. The standard InChI is InChI=1S/C24H23N5O3S2/c1-15-6-8-18(9-7-15)29-13-17(12-20(29)30)22(32)25-23-26-27-24(34-23)33-14-21(31)28-11-10-16-4-2-3-5-19(16)28/h2-9,17H,10-14H2,1H3,(H,25,26,32)/t17-/m0/s1. The third kappa shape index (κ3) is 4.69. The van der Waals surface area contributed by atoms with Gasteiger partial charge in [-0.25, -0.2) is 0 Å². The number of nitrogens with zero attached hydrogens (tertiary/aromatic N) is 4. The second kappa shape index (κ2) is 9.55. The van der Waals surface area contributed by atoms with Gasteiger partial charge in [-0.15, -0.1) is 10.2 Å². The van der Waals surface area contributed by atoms with Crippen molar-refractivity contribution >= 4 is 57.3 Å². The van der Waals surface area contributed by atoms with Gasteiger partial charge >= 0.3 is 0 Å². The molecule has 0 spiro atoms. The third-order valence-corrected chi connectivity index (χ3v) is 7.94. The van der Waals surface area contributed by atoms with E-state index >= 15 is 0 Å². The number of aromatic nitrogens is 2. The number of carbonyl (C=O) groups excluding carboxylic acids is 3. The summed E-state index contributed by atoms with van der Waals surface area (Å²) in [5.74, 6) is -0.499. The molecule has 174 valence electrons. The number of para-hydroxylation sites is 1. The summed E-state index contributed by atoms with van der Waals surface area (Å²) in [5, 5.41) is 11.3. The molecule has 0 radical (unpaired) electrons. The molecular formula is C24H23N5O3S2. The predicted octanol–water partition coefficient (Wildman–Crippen LogP) is 3.52. The zero-order valence-electron chi connectivity index (χ0n) is 18.6. The van der Waals surface area contributed by atoms with E-state index in [1.54, 1.807) is 4.90 Å². The molecule has 1 N–H and O–H groups in total. The van der Waals surface area contributed by atoms with Gasteiger partial charge in [-0.2, -0.15) is 0 Å². The lowest BCUT2D eigenvalue weighted by molar-refractivity contribution is -0.122. The average molecular weight is 494 g/mol. The van der Waals surface area contributed by atoms with Gasteiger partial charge in [-0.1, -0.05) is 59.0 Å². The maximum atomic E-state index is 12.7. The lowest BCUT2D eigenvalue weighted by Gasteiger charge is -2.16. The molecule has 3 heterocycles. The monoisotopic (exact) mass is 493 g/mol. The summed E-state index contributed by atoms with van der Waals surface area (Å²) in [7, 11) is 0. The first-order chi connectivity index (χ1) is 16.5. The zero-order valence-corrected chi connectivity index (χ0v) is 20.2. The number of anilines is 3. The van der Waals surface area contributed by atoms with E-state index in [1.807, 2.05) is 60.4 Å². The Kier molecular flexibility index (Phi) is 6.34. The van der Waals surface area contributed by atoms with Crippen molar-refractivity contribution in [3.8, 4) is 0 Å². The van der Waals surface area contributed by atoms with Gasteiger partial charge in [0.15, 0.2) is 4.34 Å². The zero-order chi connectivity index (χ0) is 23.7. The van der Waals surface area contributed by atoms with Gasteiger partial charge in [0.2, 0.25) is 22.9 Å². The minimum absolute atomic E-state index is 0.0244. The number of hydrogen-bond donors (Lipinski definition) is 1. The maximum Gasteiger partial charge on any atom is 0.237 e. The van der Waals surface area contributed by atoms with Gasteiger partial charge < -0.3 is 15.1 Å². The van der Waals surface area contributed by atoms with Crippen LogP contribution in [-0.2, 0) is 20.8 Å². The number of benzene rings is 2. The van der Waals surface area contributed by atoms with E-state index in [2.05, 4.69) is 15.5 Å². The first-order valence-corrected chi connectivity index (χ1v) is 12.8. The Labute approximate surface area is 205 Å². The molecule has 34 heavy (non-hydrogen) atoms. The highest BCUT2D eigenvalue weighted by Gasteiger charge is 2.35. The Balaban J connectivity index is 1.14. The van der Waals surface area contributed by atoms with Crippen molar-refractivity contribution in [2.45, 2.75) is 24.1 Å². The van der Waals surface area contributed by atoms with Gasteiger partial charge in [0.1, 0.15) is 0 Å². The van der Waals surface area contributed by atoms with E-state index in [-0.39, 0.29) is 29.9 Å². The van der Waals surface area contributed by atoms with Gasteiger partial charge in [0.05, 0.1) is 11.7 Å². The van der Waals surface area contributed by atoms with Gasteiger partial charge in [0.25, 0.3) is 0 Å². The topological polar surface area (TPSA) is 95.5 Å². The highest BCUT2D eigenvalue weighted by Crippen LogP contribution is 2.31. The molecule has 10 heteroatoms. The molecule has 0 saturated carbocycles. The number of nitrogens with one attached hydrogen (secondary N) is 1. The number of amides is 3. The Bertz CT molecular complexity index is 1240. The fourth-order valence-electron chi connectivity index (χ4n) is 4.18. The highest BCUT2D eigenvalue weighted by molar-refractivity contribution is 8.01. The summed E-state index contributed by atoms with van der Waals surface area (Å²) >= 11 is 2.54. The smallest absolute Gasteiger partial charge is 0.237 e. The van der Waals surface area contributed by atoms with E-state index < -0.39 is 5.92 Å². The van der Waals surface area contributed by atoms with Gasteiger partial charge in [-0.3, -0.25) is 14.4 Å². The molecule has 1 fully saturated rings. The predicted molar refractivity (Wildman–Crippen MR) is 133 cm³/mol. The first-order valence-electron chi connectivity index (χ1n) is 11.0. The summed E-state index contributed by atoms with van der Waals surface area (Å²) in [6.45, 7) is 3.01. The minimum atomic E-state index is -0.453. The van der Waals surface area contributed by atoms with E-state index in [1.165, 1.54) is 28.7 Å². The second-order valence-corrected chi connectivity index (χ2v) is 10.5. The lowest BCUT2D eigenvalue weighted by Crippen LogP contribution is -2.30. The minimum Gasteiger partial charge on any atom is -0.312 e. The quantitative estimate of drug-likeness (QED) is 0.417. The number of thioether (sulfide) groups is 1. The molecule has 5 rings (SSSR count). The molecule has 1 saturated heterocycles. The summed E-state index contributed by atoms with van der Waals surface area (Å²) in [6, 6.07) is 15.6. The van der Waals surface area contributed by atoms with Crippen LogP contribution in [0.15, 0.2) is 52.9 Å². The maximum absolute atomic E-state index is 12.7. The summed E-state index contributed by atoms with van der Waals surface area (Å²) in [4.78, 5) is 41.3. The van der Waals surface area contributed by atoms with Crippen molar-refractivity contribution in [2.75, 3.05) is 34.0 Å². The molecule has 3 amide bonds. The summed E-state index contributed by atoms with van der Waals surface area (Å²) in [6.07, 6.45) is 1.03. The Morgan fingerprint density at radius 1 is 1.15 bits per heavy atom. The molecule has 0 bridgehead atoms. The van der Waals surface area contributed by atoms with Crippen LogP contribution >= 0.6 is 23.1 Å². The van der Waals surface area contributed by atoms with E-state index in [0.717, 1.165) is 23.4 Å². The van der Waals surface area contributed by atoms with Crippen LogP contribution in [-0.4, -0.2) is 46.8 Å². The molecule has 0 unspecified atom stereocenters. The van der Waals surface area contributed by atoms with Crippen molar-refractivity contribution < 1.29 is 14.4 Å². The summed E-state index contributed by atoms with van der Waals surface area (Å²) < 4.78 is 0.611. The molecule has 1 aromatic heterocycles. The van der Waals surface area contributed by atoms with Crippen LogP contribution in [0.4, 0.5) is 16.5 Å². The fraction of sp³-hybridized carbons (Fsp3) is 0.292. The van der Waals surface area contributed by atoms with Gasteiger partial charge in [-0.05, 0) is 37.1 Å². The number of aryl methyl sites for hydroxylation is 1. The molecule has 1 atom stereocenters. The van der Waals surface area contributed by atoms with E-state index in [4.69, 9.17) is 0 Å². The molecular weight excluding hydrogens is 470 g/mol. The average Bonchev–Trinajstić information content (AvgIpc) is 3.56. The van der Waals surface area contributed by atoms with E-state index in [9.17, 15) is 14.4 Å². The van der Waals surface area contributed by atoms with Crippen molar-refractivity contribution in [3.63, 3.8) is 0 Å². The normalized spacial score (nSPS) is 17.2. The SMILES string of the molecule is Cc1ccc(N2C[C@@H](C(=O)Nc3nnc(SCC(=O)N4CCc5ccccc54)s3)CC2=O)cc1. The number of fused-ring (bicyclic) bond motifs is 1. The van der Waals surface area contributed by atoms with Crippen molar-refractivity contribution in [2.24, 2.45) is 5.92 Å². The van der Waals surface area contributed by atoms with Gasteiger partial charge in [0, 0.05) is 30.9 Å². The molecule has 8 nitrogen and oxygen atoms in total. The lowest BCUT2D eigenvalue weighted by atomic mass is 10.1. The number of rotatable bonds is 6. The van der Waals surface area contributed by atoms with Crippen LogP contribution in [0.2, 0.25) is 0 Å². The second-order valence-electron chi connectivity index (χ2n) is 8.32. The van der Waals surface area contributed by atoms with Crippen molar-refractivity contribution in [1.82, 2.24) is 10.2 Å². The molecule has 3 aromatic rings. The Morgan fingerprint density at radius 3 is 2.76 bits per heavy atom. The molecule has 0 aliphatic carbocycles. The van der Waals surface area contributed by atoms with Crippen LogP contribution in [0.25, 0.3) is 0 Å². The highest BCUT2D eigenvalue weighted by atomic mass is 32.2. The first kappa shape index (κ1) is 22.5. The largest absolute Gasteiger partial charge is 0.312 e. The number of carbonyl (C=O) groups is 3. The van der Waals surface area contributed by atoms with Crippen LogP contribution in [0.3, 0.4) is 0 Å². The van der Waals surface area contributed by atoms with Crippen LogP contribution in [0, 0.1) is 12.8 Å². The van der Waals surface area contributed by atoms with Crippen LogP contribution < -0.4 is 15.1 Å². The Hall–Kier alpha value is -3.24.